The summed E-state index contributed by atoms with van der Waals surface area (Å²) >= 11 is 9.89. The number of nitrogens with zero attached hydrogens (tertiary/aromatic N) is 3. The average molecular weight is 301 g/mol. The van der Waals surface area contributed by atoms with Crippen molar-refractivity contribution in [1.29, 1.82) is 0 Å². The van der Waals surface area contributed by atoms with E-state index in [9.17, 15) is 0 Å². The molecule has 0 saturated heterocycles. The third-order valence-electron chi connectivity index (χ3n) is 3.08. The zero-order valence-corrected chi connectivity index (χ0v) is 11.3. The largest absolute Gasteiger partial charge is 0.232 e. The summed E-state index contributed by atoms with van der Waals surface area (Å²) in [5.41, 5.74) is 4.08. The first-order chi connectivity index (χ1) is 7.68. The molecule has 1 aliphatic carbocycles. The molecule has 0 bridgehead atoms. The molecule has 0 unspecified atom stereocenters. The number of halogens is 2. The summed E-state index contributed by atoms with van der Waals surface area (Å²) in [5.74, 6) is 0. The molecule has 0 N–H and O–H groups in total. The number of hydrogen-bond donors (Lipinski definition) is 0. The maximum atomic E-state index is 6.38. The highest BCUT2D eigenvalue weighted by atomic mass is 79.9. The molecular formula is C11H11BrClN3. The number of fused-ring (bicyclic) bond motifs is 2. The molecule has 0 saturated carbocycles. The maximum absolute atomic E-state index is 6.38. The van der Waals surface area contributed by atoms with E-state index in [1.54, 1.807) is 4.52 Å². The molecule has 5 heteroatoms. The quantitative estimate of drug-likeness (QED) is 0.699. The van der Waals surface area contributed by atoms with Crippen LogP contribution in [0.3, 0.4) is 0 Å². The van der Waals surface area contributed by atoms with Gasteiger partial charge in [-0.1, -0.05) is 11.6 Å². The van der Waals surface area contributed by atoms with Crippen LogP contribution in [-0.2, 0) is 12.8 Å². The molecule has 1 aliphatic rings. The predicted octanol–water partition coefficient (Wildman–Crippen LogP) is 3.33. The molecule has 0 atom stereocenters. The van der Waals surface area contributed by atoms with Crippen LogP contribution in [0.5, 0.6) is 0 Å². The molecule has 84 valence electrons. The summed E-state index contributed by atoms with van der Waals surface area (Å²) in [5, 5.41) is 5.13. The van der Waals surface area contributed by atoms with Gasteiger partial charge in [-0.15, -0.1) is 0 Å². The minimum Gasteiger partial charge on any atom is -0.232 e. The van der Waals surface area contributed by atoms with Crippen LogP contribution in [0.1, 0.15) is 29.8 Å². The molecule has 0 radical (unpaired) electrons. The van der Waals surface area contributed by atoms with E-state index >= 15 is 0 Å². The van der Waals surface area contributed by atoms with Crippen LogP contribution in [0.4, 0.5) is 0 Å². The Bertz CT molecular complexity index is 576. The van der Waals surface area contributed by atoms with Gasteiger partial charge in [0, 0.05) is 11.3 Å². The normalized spacial score (nSPS) is 15.4. The smallest absolute Gasteiger partial charge is 0.171 e. The average Bonchev–Trinajstić information content (AvgIpc) is 2.58. The summed E-state index contributed by atoms with van der Waals surface area (Å²) in [7, 11) is 0. The monoisotopic (exact) mass is 299 g/mol. The molecule has 0 aliphatic heterocycles. The van der Waals surface area contributed by atoms with Crippen LogP contribution < -0.4 is 0 Å². The van der Waals surface area contributed by atoms with Crippen LogP contribution in [0, 0.1) is 6.92 Å². The van der Waals surface area contributed by atoms with Crippen molar-refractivity contribution in [3.05, 3.63) is 26.6 Å². The van der Waals surface area contributed by atoms with Gasteiger partial charge in [0.05, 0.1) is 10.2 Å². The molecule has 3 nitrogen and oxygen atoms in total. The Morgan fingerprint density at radius 3 is 2.88 bits per heavy atom. The predicted molar refractivity (Wildman–Crippen MR) is 67.1 cm³/mol. The van der Waals surface area contributed by atoms with Gasteiger partial charge in [0.15, 0.2) is 5.65 Å². The van der Waals surface area contributed by atoms with Crippen molar-refractivity contribution in [2.75, 3.05) is 0 Å². The second-order valence-electron chi connectivity index (χ2n) is 4.17. The molecule has 0 amide bonds. The first-order valence-corrected chi connectivity index (χ1v) is 6.57. The second kappa shape index (κ2) is 3.70. The lowest BCUT2D eigenvalue weighted by Crippen LogP contribution is -2.09. The maximum Gasteiger partial charge on any atom is 0.171 e. The zero-order valence-electron chi connectivity index (χ0n) is 8.93. The van der Waals surface area contributed by atoms with Crippen molar-refractivity contribution in [3.8, 4) is 0 Å². The van der Waals surface area contributed by atoms with Gasteiger partial charge in [-0.25, -0.2) is 9.50 Å². The second-order valence-corrected chi connectivity index (χ2v) is 5.32. The highest BCUT2D eigenvalue weighted by molar-refractivity contribution is 9.10. The molecule has 2 aromatic heterocycles. The molecule has 2 aromatic rings. The number of aryl methyl sites for hydroxylation is 2. The summed E-state index contributed by atoms with van der Waals surface area (Å²) in [4.78, 5) is 4.67. The lowest BCUT2D eigenvalue weighted by molar-refractivity contribution is 0.659. The van der Waals surface area contributed by atoms with Crippen LogP contribution in [0.25, 0.3) is 5.65 Å². The van der Waals surface area contributed by atoms with Gasteiger partial charge in [0.1, 0.15) is 5.15 Å². The lowest BCUT2D eigenvalue weighted by atomic mass is 9.97. The van der Waals surface area contributed by atoms with Crippen LogP contribution >= 0.6 is 27.5 Å². The SMILES string of the molecule is Cc1nn2c(Cl)c3c(nc2c1Br)CCCC3. The molecule has 2 heterocycles. The number of hydrogen-bond acceptors (Lipinski definition) is 2. The Kier molecular flexibility index (Phi) is 2.44. The number of rotatable bonds is 0. The van der Waals surface area contributed by atoms with Crippen molar-refractivity contribution in [2.45, 2.75) is 32.6 Å². The molecule has 0 aromatic carbocycles. The fourth-order valence-electron chi connectivity index (χ4n) is 2.22. The van der Waals surface area contributed by atoms with E-state index in [2.05, 4.69) is 26.0 Å². The Balaban J connectivity index is 2.39. The first kappa shape index (κ1) is 10.5. The summed E-state index contributed by atoms with van der Waals surface area (Å²) < 4.78 is 2.69. The third-order valence-corrected chi connectivity index (χ3v) is 4.40. The minimum atomic E-state index is 0.730. The molecule has 0 fully saturated rings. The van der Waals surface area contributed by atoms with Gasteiger partial charge in [0.2, 0.25) is 0 Å². The van der Waals surface area contributed by atoms with Crippen molar-refractivity contribution >= 4 is 33.2 Å². The van der Waals surface area contributed by atoms with Gasteiger partial charge in [-0.05, 0) is 48.5 Å². The minimum absolute atomic E-state index is 0.730. The Labute approximate surface area is 107 Å². The molecule has 3 rings (SSSR count). The van der Waals surface area contributed by atoms with Crippen molar-refractivity contribution in [2.24, 2.45) is 0 Å². The first-order valence-electron chi connectivity index (χ1n) is 5.40. The highest BCUT2D eigenvalue weighted by Crippen LogP contribution is 2.30. The van der Waals surface area contributed by atoms with E-state index in [1.165, 1.54) is 18.4 Å². The van der Waals surface area contributed by atoms with Crippen molar-refractivity contribution in [3.63, 3.8) is 0 Å². The lowest BCUT2D eigenvalue weighted by Gasteiger charge is -2.16. The molecule has 16 heavy (non-hydrogen) atoms. The summed E-state index contributed by atoms with van der Waals surface area (Å²) in [6.07, 6.45) is 4.45. The highest BCUT2D eigenvalue weighted by Gasteiger charge is 2.20. The van der Waals surface area contributed by atoms with Gasteiger partial charge in [-0.2, -0.15) is 5.10 Å². The van der Waals surface area contributed by atoms with Crippen LogP contribution in [0.15, 0.2) is 4.47 Å². The number of aromatic nitrogens is 3. The molecular weight excluding hydrogens is 289 g/mol. The summed E-state index contributed by atoms with van der Waals surface area (Å²) in [6, 6.07) is 0. The molecule has 0 spiro atoms. The van der Waals surface area contributed by atoms with Crippen LogP contribution in [-0.4, -0.2) is 14.6 Å². The third kappa shape index (κ3) is 1.39. The van der Waals surface area contributed by atoms with E-state index in [-0.39, 0.29) is 0 Å². The van der Waals surface area contributed by atoms with E-state index in [1.807, 2.05) is 6.92 Å². The van der Waals surface area contributed by atoms with Gasteiger partial charge < -0.3 is 0 Å². The topological polar surface area (TPSA) is 30.2 Å². The fraction of sp³-hybridized carbons (Fsp3) is 0.455. The van der Waals surface area contributed by atoms with E-state index in [4.69, 9.17) is 11.6 Å². The fourth-order valence-corrected chi connectivity index (χ4v) is 2.88. The standard InChI is InChI=1S/C11H11BrClN3/c1-6-9(12)11-14-8-5-3-2-4-7(8)10(13)16(11)15-6/h2-5H2,1H3. The van der Waals surface area contributed by atoms with Gasteiger partial charge in [0.25, 0.3) is 0 Å². The summed E-state index contributed by atoms with van der Waals surface area (Å²) in [6.45, 7) is 1.95. The van der Waals surface area contributed by atoms with Crippen molar-refractivity contribution < 1.29 is 0 Å². The Hall–Kier alpha value is -0.610. The van der Waals surface area contributed by atoms with Crippen molar-refractivity contribution in [1.82, 2.24) is 14.6 Å². The Morgan fingerprint density at radius 1 is 1.31 bits per heavy atom. The van der Waals surface area contributed by atoms with Gasteiger partial charge >= 0.3 is 0 Å². The van der Waals surface area contributed by atoms with Crippen LogP contribution in [0.2, 0.25) is 5.15 Å². The van der Waals surface area contributed by atoms with E-state index in [0.717, 1.165) is 39.5 Å². The van der Waals surface area contributed by atoms with E-state index < -0.39 is 0 Å². The Morgan fingerprint density at radius 2 is 2.06 bits per heavy atom. The van der Waals surface area contributed by atoms with E-state index in [0.29, 0.717) is 0 Å². The van der Waals surface area contributed by atoms with Gasteiger partial charge in [-0.3, -0.25) is 0 Å². The zero-order chi connectivity index (χ0) is 11.3.